The minimum atomic E-state index is 0.493. The highest BCUT2D eigenvalue weighted by Gasteiger charge is 2.88. The first-order valence-electron chi connectivity index (χ1n) is 3.52. The maximum absolute atomic E-state index is 8.89. The highest BCUT2D eigenvalue weighted by molar-refractivity contribution is 5.35. The maximum atomic E-state index is 8.89. The summed E-state index contributed by atoms with van der Waals surface area (Å²) in [6.45, 7) is 0.493. The fourth-order valence-corrected chi connectivity index (χ4v) is 3.18. The summed E-state index contributed by atoms with van der Waals surface area (Å²) >= 11 is 0. The van der Waals surface area contributed by atoms with Crippen molar-refractivity contribution in [3.8, 4) is 0 Å². The van der Waals surface area contributed by atoms with Crippen LogP contribution in [0.3, 0.4) is 0 Å². The average Bonchev–Trinajstić information content (AvgIpc) is 2.46. The van der Waals surface area contributed by atoms with Gasteiger partial charge in [0.05, 0.1) is 0 Å². The molecular weight excluding hydrogens is 100 g/mol. The zero-order valence-corrected chi connectivity index (χ0v) is 4.80. The van der Waals surface area contributed by atoms with Crippen LogP contribution in [0.2, 0.25) is 0 Å². The van der Waals surface area contributed by atoms with E-state index in [1.165, 1.54) is 12.8 Å². The van der Waals surface area contributed by atoms with Crippen molar-refractivity contribution in [2.45, 2.75) is 12.8 Å². The van der Waals surface area contributed by atoms with Crippen LogP contribution in [0, 0.1) is 23.2 Å². The van der Waals surface area contributed by atoms with Crippen LogP contribution in [0.1, 0.15) is 12.8 Å². The van der Waals surface area contributed by atoms with Crippen molar-refractivity contribution in [2.24, 2.45) is 23.2 Å². The molecule has 0 aromatic carbocycles. The Morgan fingerprint density at radius 3 is 2.25 bits per heavy atom. The Labute approximate surface area is 48.7 Å². The smallest absolute Gasteiger partial charge is 0.0495 e. The molecule has 2 atom stereocenters. The molecule has 44 valence electrons. The number of fused-ring (bicyclic) bond motifs is 1. The van der Waals surface area contributed by atoms with Crippen LogP contribution < -0.4 is 0 Å². The van der Waals surface area contributed by atoms with Gasteiger partial charge in [-0.3, -0.25) is 0 Å². The first kappa shape index (κ1) is 3.89. The monoisotopic (exact) mass is 110 g/mol. The third-order valence-corrected chi connectivity index (χ3v) is 3.71. The predicted molar refractivity (Wildman–Crippen MR) is 29.2 cm³/mol. The number of aliphatic hydroxyl groups excluding tert-OH is 1. The molecule has 0 saturated heterocycles. The zero-order valence-electron chi connectivity index (χ0n) is 4.80. The average molecular weight is 110 g/mol. The van der Waals surface area contributed by atoms with Gasteiger partial charge in [-0.15, -0.1) is 0 Å². The van der Waals surface area contributed by atoms with E-state index in [4.69, 9.17) is 5.11 Å². The molecule has 0 heterocycles. The molecule has 0 aromatic heterocycles. The van der Waals surface area contributed by atoms with E-state index in [9.17, 15) is 0 Å². The molecule has 4 fully saturated rings. The van der Waals surface area contributed by atoms with Gasteiger partial charge >= 0.3 is 0 Å². The Balaban J connectivity index is 2.00. The molecule has 4 aliphatic carbocycles. The summed E-state index contributed by atoms with van der Waals surface area (Å²) in [4.78, 5) is 0. The summed E-state index contributed by atoms with van der Waals surface area (Å²) in [5.41, 5.74) is 0.542. The third kappa shape index (κ3) is 0.163. The Morgan fingerprint density at radius 2 is 2.00 bits per heavy atom. The minimum Gasteiger partial charge on any atom is -0.396 e. The van der Waals surface area contributed by atoms with E-state index in [0.717, 1.165) is 17.8 Å². The third-order valence-electron chi connectivity index (χ3n) is 3.71. The summed E-state index contributed by atoms with van der Waals surface area (Å²) in [5, 5.41) is 8.89. The summed E-state index contributed by atoms with van der Waals surface area (Å²) in [7, 11) is 0. The van der Waals surface area contributed by atoms with Crippen molar-refractivity contribution in [1.82, 2.24) is 0 Å². The lowest BCUT2D eigenvalue weighted by Crippen LogP contribution is -2.02. The van der Waals surface area contributed by atoms with Gasteiger partial charge < -0.3 is 5.11 Å². The van der Waals surface area contributed by atoms with Crippen molar-refractivity contribution in [2.75, 3.05) is 6.61 Å². The molecule has 0 aromatic rings. The highest BCUT2D eigenvalue weighted by atomic mass is 16.3. The van der Waals surface area contributed by atoms with Crippen molar-refractivity contribution < 1.29 is 5.11 Å². The lowest BCUT2D eigenvalue weighted by atomic mass is 10.1. The van der Waals surface area contributed by atoms with E-state index in [2.05, 4.69) is 0 Å². The molecule has 0 aliphatic heterocycles. The highest BCUT2D eigenvalue weighted by Crippen LogP contribution is 2.90. The molecule has 2 unspecified atom stereocenters. The second-order valence-corrected chi connectivity index (χ2v) is 3.59. The fourth-order valence-electron chi connectivity index (χ4n) is 3.18. The van der Waals surface area contributed by atoms with Crippen molar-refractivity contribution in [3.05, 3.63) is 0 Å². The standard InChI is InChI=1S/C7H10O/c8-3-7-4-1-2-5(7)6(4)7/h4-6,8H,1-3H2. The van der Waals surface area contributed by atoms with Gasteiger partial charge in [-0.1, -0.05) is 0 Å². The first-order chi connectivity index (χ1) is 3.91. The summed E-state index contributed by atoms with van der Waals surface area (Å²) < 4.78 is 0. The van der Waals surface area contributed by atoms with Crippen molar-refractivity contribution >= 4 is 0 Å². The van der Waals surface area contributed by atoms with Crippen LogP contribution in [0.15, 0.2) is 0 Å². The number of aliphatic hydroxyl groups is 1. The van der Waals surface area contributed by atoms with Crippen molar-refractivity contribution in [3.63, 3.8) is 0 Å². The number of hydrogen-bond donors (Lipinski definition) is 1. The van der Waals surface area contributed by atoms with E-state index in [1.54, 1.807) is 0 Å². The fraction of sp³-hybridized carbons (Fsp3) is 1.00. The number of rotatable bonds is 1. The Bertz CT molecular complexity index is 131. The van der Waals surface area contributed by atoms with Crippen LogP contribution in [0.25, 0.3) is 0 Å². The molecule has 4 saturated carbocycles. The lowest BCUT2D eigenvalue weighted by Gasteiger charge is -2.00. The summed E-state index contributed by atoms with van der Waals surface area (Å²) in [6, 6.07) is 0. The van der Waals surface area contributed by atoms with Gasteiger partial charge in [0.15, 0.2) is 0 Å². The van der Waals surface area contributed by atoms with Gasteiger partial charge in [0, 0.05) is 12.0 Å². The molecule has 1 N–H and O–H groups in total. The molecule has 4 aliphatic rings. The lowest BCUT2D eigenvalue weighted by molar-refractivity contribution is 0.224. The van der Waals surface area contributed by atoms with Crippen LogP contribution in [-0.2, 0) is 0 Å². The maximum Gasteiger partial charge on any atom is 0.0495 e. The second-order valence-electron chi connectivity index (χ2n) is 3.59. The predicted octanol–water partition coefficient (Wildman–Crippen LogP) is 0.635. The Morgan fingerprint density at radius 1 is 1.38 bits per heavy atom. The molecule has 8 heavy (non-hydrogen) atoms. The number of hydrogen-bond acceptors (Lipinski definition) is 1. The van der Waals surface area contributed by atoms with Crippen LogP contribution >= 0.6 is 0 Å². The van der Waals surface area contributed by atoms with E-state index in [0.29, 0.717) is 12.0 Å². The Kier molecular flexibility index (Phi) is 0.372. The van der Waals surface area contributed by atoms with E-state index in [1.807, 2.05) is 0 Å². The van der Waals surface area contributed by atoms with Gasteiger partial charge in [0.1, 0.15) is 0 Å². The molecule has 0 radical (unpaired) electrons. The van der Waals surface area contributed by atoms with Gasteiger partial charge in [0.25, 0.3) is 0 Å². The van der Waals surface area contributed by atoms with Crippen LogP contribution in [-0.4, -0.2) is 11.7 Å². The van der Waals surface area contributed by atoms with Gasteiger partial charge in [0.2, 0.25) is 0 Å². The van der Waals surface area contributed by atoms with E-state index < -0.39 is 0 Å². The SMILES string of the molecule is OCC12C3CCC1C32. The molecule has 1 heteroatoms. The minimum absolute atomic E-state index is 0.493. The molecule has 1 nitrogen and oxygen atoms in total. The quantitative estimate of drug-likeness (QED) is 0.525. The first-order valence-corrected chi connectivity index (χ1v) is 3.52. The normalized spacial score (nSPS) is 72.4. The largest absolute Gasteiger partial charge is 0.396 e. The van der Waals surface area contributed by atoms with Gasteiger partial charge in [-0.05, 0) is 30.6 Å². The summed E-state index contributed by atoms with van der Waals surface area (Å²) in [6.07, 6.45) is 2.85. The topological polar surface area (TPSA) is 20.2 Å². The van der Waals surface area contributed by atoms with Crippen molar-refractivity contribution in [1.29, 1.82) is 0 Å². The Hall–Kier alpha value is -0.0400. The second kappa shape index (κ2) is 0.766. The zero-order chi connectivity index (χ0) is 5.35. The molecule has 2 bridgehead atoms. The molecular formula is C7H10O. The van der Waals surface area contributed by atoms with Gasteiger partial charge in [-0.25, -0.2) is 0 Å². The van der Waals surface area contributed by atoms with E-state index in [-0.39, 0.29) is 0 Å². The molecule has 0 spiro atoms. The van der Waals surface area contributed by atoms with Crippen LogP contribution in [0.5, 0.6) is 0 Å². The molecule has 0 amide bonds. The van der Waals surface area contributed by atoms with E-state index >= 15 is 0 Å². The van der Waals surface area contributed by atoms with Gasteiger partial charge in [-0.2, -0.15) is 0 Å². The molecule has 4 rings (SSSR count). The van der Waals surface area contributed by atoms with Crippen LogP contribution in [0.4, 0.5) is 0 Å². The summed E-state index contributed by atoms with van der Waals surface area (Å²) in [5.74, 6) is 2.97.